The van der Waals surface area contributed by atoms with E-state index in [1.54, 1.807) is 7.11 Å². The first-order valence-electron chi connectivity index (χ1n) is 14.4. The maximum atomic E-state index is 13.1. The molecule has 5 atom stereocenters. The van der Waals surface area contributed by atoms with Crippen LogP contribution < -0.4 is 4.74 Å². The molecule has 5 nitrogen and oxygen atoms in total. The highest BCUT2D eigenvalue weighted by molar-refractivity contribution is 5.94. The fraction of sp³-hybridized carbons (Fsp3) is 0.531. The van der Waals surface area contributed by atoms with Gasteiger partial charge in [0.05, 0.1) is 13.2 Å². The van der Waals surface area contributed by atoms with E-state index < -0.39 is 0 Å². The van der Waals surface area contributed by atoms with Crippen LogP contribution >= 0.6 is 0 Å². The molecule has 1 spiro atoms. The molecular formula is C32H39N3O2. The van der Waals surface area contributed by atoms with E-state index in [4.69, 9.17) is 4.74 Å². The largest absolute Gasteiger partial charge is 0.497 e. The number of carbonyl (C=O) groups is 1. The minimum Gasteiger partial charge on any atom is -0.497 e. The van der Waals surface area contributed by atoms with Gasteiger partial charge in [-0.1, -0.05) is 30.3 Å². The molecule has 5 aliphatic rings. The quantitative estimate of drug-likeness (QED) is 0.488. The van der Waals surface area contributed by atoms with Crippen LogP contribution in [0.4, 0.5) is 0 Å². The summed E-state index contributed by atoms with van der Waals surface area (Å²) in [5, 5.41) is 0. The van der Waals surface area contributed by atoms with E-state index in [1.165, 1.54) is 43.2 Å². The van der Waals surface area contributed by atoms with E-state index in [9.17, 15) is 4.79 Å². The molecule has 5 fully saturated rings. The first-order valence-corrected chi connectivity index (χ1v) is 14.4. The fourth-order valence-corrected chi connectivity index (χ4v) is 9.15. The van der Waals surface area contributed by atoms with Crippen molar-refractivity contribution in [1.29, 1.82) is 0 Å². The van der Waals surface area contributed by atoms with Crippen molar-refractivity contribution in [3.8, 4) is 5.75 Å². The Labute approximate surface area is 221 Å². The van der Waals surface area contributed by atoms with Crippen molar-refractivity contribution >= 4 is 5.91 Å². The van der Waals surface area contributed by atoms with Gasteiger partial charge in [0.2, 0.25) is 0 Å². The van der Waals surface area contributed by atoms with Crippen molar-refractivity contribution in [3.63, 3.8) is 0 Å². The predicted molar refractivity (Wildman–Crippen MR) is 146 cm³/mol. The van der Waals surface area contributed by atoms with Crippen LogP contribution in [0.5, 0.6) is 5.75 Å². The number of methoxy groups -OCH3 is 1. The van der Waals surface area contributed by atoms with E-state index in [-0.39, 0.29) is 11.9 Å². The standard InChI is InChI=1S/C32H39N3O2/c1-3-18-34-26-14-16-28-32(26)27(34)15-17-29(32)35(28)30(24-8-7-9-25(21-24)37-2)22-10-12-23(13-11-22)31(36)33-19-5-4-6-20-33/h3,7-13,21,26-30H,1,4-6,14-20H2,2H3. The lowest BCUT2D eigenvalue weighted by molar-refractivity contribution is -0.235. The third kappa shape index (κ3) is 3.26. The topological polar surface area (TPSA) is 36.0 Å². The fourth-order valence-electron chi connectivity index (χ4n) is 9.15. The van der Waals surface area contributed by atoms with Crippen LogP contribution in [0, 0.1) is 5.41 Å². The summed E-state index contributed by atoms with van der Waals surface area (Å²) < 4.78 is 5.64. The zero-order valence-corrected chi connectivity index (χ0v) is 22.0. The maximum Gasteiger partial charge on any atom is 0.253 e. The van der Waals surface area contributed by atoms with Crippen molar-refractivity contribution in [3.05, 3.63) is 77.9 Å². The number of hydrogen-bond donors (Lipinski definition) is 0. The number of likely N-dealkylation sites (tertiary alicyclic amines) is 3. The molecule has 3 heterocycles. The normalized spacial score (nSPS) is 33.2. The number of hydrogen-bond acceptors (Lipinski definition) is 4. The van der Waals surface area contributed by atoms with Gasteiger partial charge in [-0.25, -0.2) is 0 Å². The number of ether oxygens (including phenoxy) is 1. The lowest BCUT2D eigenvalue weighted by atomic mass is 9.56. The van der Waals surface area contributed by atoms with Crippen molar-refractivity contribution in [2.24, 2.45) is 5.41 Å². The van der Waals surface area contributed by atoms with E-state index in [2.05, 4.69) is 64.9 Å². The molecule has 5 heteroatoms. The van der Waals surface area contributed by atoms with Gasteiger partial charge < -0.3 is 9.64 Å². The molecule has 2 saturated carbocycles. The smallest absolute Gasteiger partial charge is 0.253 e. The van der Waals surface area contributed by atoms with E-state index >= 15 is 0 Å². The monoisotopic (exact) mass is 497 g/mol. The number of nitrogens with zero attached hydrogens (tertiary/aromatic N) is 3. The lowest BCUT2D eigenvalue weighted by Gasteiger charge is -2.72. The van der Waals surface area contributed by atoms with Crippen molar-refractivity contribution < 1.29 is 9.53 Å². The van der Waals surface area contributed by atoms with E-state index in [0.717, 1.165) is 55.9 Å². The third-order valence-corrected chi connectivity index (χ3v) is 10.4. The molecule has 7 rings (SSSR count). The Bertz CT molecular complexity index is 1160. The van der Waals surface area contributed by atoms with Crippen molar-refractivity contribution in [2.75, 3.05) is 26.7 Å². The average Bonchev–Trinajstić information content (AvgIpc) is 3.40. The zero-order valence-electron chi connectivity index (χ0n) is 22.0. The molecular weight excluding hydrogens is 458 g/mol. The van der Waals surface area contributed by atoms with Gasteiger partial charge in [-0.3, -0.25) is 14.6 Å². The first kappa shape index (κ1) is 23.5. The van der Waals surface area contributed by atoms with Gasteiger partial charge in [0.15, 0.2) is 0 Å². The molecule has 194 valence electrons. The summed E-state index contributed by atoms with van der Waals surface area (Å²) in [6, 6.07) is 20.1. The number of benzene rings is 2. The Hall–Kier alpha value is -2.63. The predicted octanol–water partition coefficient (Wildman–Crippen LogP) is 5.28. The summed E-state index contributed by atoms with van der Waals surface area (Å²) in [6.45, 7) is 6.84. The lowest BCUT2D eigenvalue weighted by Crippen LogP contribution is -2.83. The molecule has 0 N–H and O–H groups in total. The van der Waals surface area contributed by atoms with Gasteiger partial charge in [0.1, 0.15) is 5.75 Å². The molecule has 5 unspecified atom stereocenters. The molecule has 3 saturated heterocycles. The Morgan fingerprint density at radius 3 is 2.30 bits per heavy atom. The molecule has 1 amide bonds. The van der Waals surface area contributed by atoms with Gasteiger partial charge >= 0.3 is 0 Å². The van der Waals surface area contributed by atoms with Crippen LogP contribution in [0.25, 0.3) is 0 Å². The molecule has 3 aliphatic heterocycles. The van der Waals surface area contributed by atoms with Gasteiger partial charge in [-0.2, -0.15) is 0 Å². The summed E-state index contributed by atoms with van der Waals surface area (Å²) >= 11 is 0. The molecule has 0 bridgehead atoms. The van der Waals surface area contributed by atoms with Crippen molar-refractivity contribution in [1.82, 2.24) is 14.7 Å². The SMILES string of the molecule is C=CCN1C2CCC3N(C(c4ccc(C(=O)N5CCCCC5)cc4)c4cccc(OC)c4)C4CCC1C234. The molecule has 2 aromatic carbocycles. The second-order valence-electron chi connectivity index (χ2n) is 11.8. The molecule has 0 radical (unpaired) electrons. The zero-order chi connectivity index (χ0) is 25.1. The number of amides is 1. The van der Waals surface area contributed by atoms with Crippen molar-refractivity contribution in [2.45, 2.75) is 75.2 Å². The summed E-state index contributed by atoms with van der Waals surface area (Å²) in [5.74, 6) is 1.09. The van der Waals surface area contributed by atoms with Crippen LogP contribution in [-0.4, -0.2) is 71.5 Å². The van der Waals surface area contributed by atoms with Gasteiger partial charge in [0, 0.05) is 54.8 Å². The summed E-state index contributed by atoms with van der Waals surface area (Å²) in [6.07, 6.45) is 10.7. The Kier molecular flexibility index (Phi) is 5.71. The second-order valence-corrected chi connectivity index (χ2v) is 11.8. The minimum absolute atomic E-state index is 0.181. The van der Waals surface area contributed by atoms with Gasteiger partial charge in [-0.05, 0) is 80.3 Å². The van der Waals surface area contributed by atoms with Crippen LogP contribution in [0.15, 0.2) is 61.2 Å². The first-order chi connectivity index (χ1) is 18.2. The number of carbonyl (C=O) groups excluding carboxylic acids is 1. The van der Waals surface area contributed by atoms with E-state index in [1.807, 2.05) is 11.0 Å². The Balaban J connectivity index is 1.22. The number of piperidine rings is 1. The third-order valence-electron chi connectivity index (χ3n) is 10.4. The highest BCUT2D eigenvalue weighted by Crippen LogP contribution is 2.72. The van der Waals surface area contributed by atoms with Crippen LogP contribution in [0.1, 0.15) is 72.5 Å². The maximum absolute atomic E-state index is 13.1. The second kappa shape index (κ2) is 8.99. The minimum atomic E-state index is 0.181. The van der Waals surface area contributed by atoms with Crippen LogP contribution in [0.2, 0.25) is 0 Å². The van der Waals surface area contributed by atoms with Crippen LogP contribution in [0.3, 0.4) is 0 Å². The number of rotatable bonds is 7. The van der Waals surface area contributed by atoms with Gasteiger partial charge in [-0.15, -0.1) is 6.58 Å². The molecule has 2 aliphatic carbocycles. The van der Waals surface area contributed by atoms with Gasteiger partial charge in [0.25, 0.3) is 5.91 Å². The summed E-state index contributed by atoms with van der Waals surface area (Å²) in [7, 11) is 1.75. The Morgan fingerprint density at radius 1 is 0.973 bits per heavy atom. The summed E-state index contributed by atoms with van der Waals surface area (Å²) in [5.41, 5.74) is 3.87. The summed E-state index contributed by atoms with van der Waals surface area (Å²) in [4.78, 5) is 20.8. The highest BCUT2D eigenvalue weighted by atomic mass is 16.5. The van der Waals surface area contributed by atoms with E-state index in [0.29, 0.717) is 17.5 Å². The highest BCUT2D eigenvalue weighted by Gasteiger charge is 2.80. The molecule has 37 heavy (non-hydrogen) atoms. The molecule has 2 aromatic rings. The molecule has 0 aromatic heterocycles. The Morgan fingerprint density at radius 2 is 1.65 bits per heavy atom. The average molecular weight is 498 g/mol. The van der Waals surface area contributed by atoms with Crippen LogP contribution in [-0.2, 0) is 0 Å².